The number of carbonyl (C=O) groups is 1. The van der Waals surface area contributed by atoms with E-state index in [9.17, 15) is 4.79 Å². The lowest BCUT2D eigenvalue weighted by molar-refractivity contribution is -0.140. The zero-order valence-electron chi connectivity index (χ0n) is 14.6. The fraction of sp³-hybridized carbons (Fsp3) is 0.944. The first-order valence-electron chi connectivity index (χ1n) is 9.54. The van der Waals surface area contributed by atoms with Gasteiger partial charge in [-0.2, -0.15) is 0 Å². The summed E-state index contributed by atoms with van der Waals surface area (Å²) in [5.74, 6) is 1.87. The Bertz CT molecular complexity index is 396. The highest BCUT2D eigenvalue weighted by atomic mass is 16.3. The minimum Gasteiger partial charge on any atom is -0.395 e. The van der Waals surface area contributed by atoms with Crippen LogP contribution in [0.25, 0.3) is 0 Å². The van der Waals surface area contributed by atoms with Crippen molar-refractivity contribution in [3.8, 4) is 0 Å². The van der Waals surface area contributed by atoms with Crippen LogP contribution in [0.4, 0.5) is 0 Å². The minimum absolute atomic E-state index is 0.230. The summed E-state index contributed by atoms with van der Waals surface area (Å²) in [4.78, 5) is 19.7. The Morgan fingerprint density at radius 2 is 1.70 bits per heavy atom. The van der Waals surface area contributed by atoms with E-state index in [4.69, 9.17) is 5.11 Å². The Balaban J connectivity index is 1.52. The number of β-amino-alcohol motifs (C(OH)–C–C–N with tert-alkyl or cyclic N) is 1. The molecule has 2 saturated heterocycles. The van der Waals surface area contributed by atoms with Crippen LogP contribution in [0.2, 0.25) is 0 Å². The molecule has 3 rings (SSSR count). The molecule has 0 aromatic carbocycles. The average Bonchev–Trinajstić information content (AvgIpc) is 2.57. The lowest BCUT2D eigenvalue weighted by Gasteiger charge is -2.48. The SMILES string of the molecule is CC1CCN(C(=O)CN2CCN(CCO)CC2)C2CCCCC12. The van der Waals surface area contributed by atoms with E-state index in [1.165, 1.54) is 32.1 Å². The summed E-state index contributed by atoms with van der Waals surface area (Å²) >= 11 is 0. The van der Waals surface area contributed by atoms with Crippen molar-refractivity contribution in [2.24, 2.45) is 11.8 Å². The molecule has 3 atom stereocenters. The molecule has 0 aromatic rings. The topological polar surface area (TPSA) is 47.0 Å². The van der Waals surface area contributed by atoms with Crippen LogP contribution in [0.5, 0.6) is 0 Å². The number of amides is 1. The molecule has 0 aromatic heterocycles. The van der Waals surface area contributed by atoms with Gasteiger partial charge in [0.2, 0.25) is 5.91 Å². The predicted octanol–water partition coefficient (Wildman–Crippen LogP) is 1.02. The van der Waals surface area contributed by atoms with E-state index in [1.807, 2.05) is 0 Å². The fourth-order valence-electron chi connectivity index (χ4n) is 4.82. The Kier molecular flexibility index (Phi) is 5.94. The van der Waals surface area contributed by atoms with E-state index in [0.717, 1.165) is 51.1 Å². The lowest BCUT2D eigenvalue weighted by Crippen LogP contribution is -2.56. The lowest BCUT2D eigenvalue weighted by atomic mass is 9.72. The average molecular weight is 323 g/mol. The number of aliphatic hydroxyl groups excluding tert-OH is 1. The van der Waals surface area contributed by atoms with Gasteiger partial charge in [0.05, 0.1) is 13.2 Å². The molecule has 3 fully saturated rings. The van der Waals surface area contributed by atoms with Crippen molar-refractivity contribution in [3.63, 3.8) is 0 Å². The molecule has 1 amide bonds. The molecule has 2 heterocycles. The van der Waals surface area contributed by atoms with Gasteiger partial charge in [0.15, 0.2) is 0 Å². The van der Waals surface area contributed by atoms with Crippen molar-refractivity contribution < 1.29 is 9.90 Å². The second-order valence-corrected chi connectivity index (χ2v) is 7.71. The smallest absolute Gasteiger partial charge is 0.237 e. The van der Waals surface area contributed by atoms with E-state index in [2.05, 4.69) is 21.6 Å². The summed E-state index contributed by atoms with van der Waals surface area (Å²) in [6, 6.07) is 0.510. The number of rotatable bonds is 4. The van der Waals surface area contributed by atoms with Crippen molar-refractivity contribution in [3.05, 3.63) is 0 Å². The van der Waals surface area contributed by atoms with Crippen LogP contribution < -0.4 is 0 Å². The molecule has 0 radical (unpaired) electrons. The van der Waals surface area contributed by atoms with Crippen LogP contribution in [0.15, 0.2) is 0 Å². The maximum absolute atomic E-state index is 12.9. The van der Waals surface area contributed by atoms with Gasteiger partial charge in [-0.3, -0.25) is 14.6 Å². The first-order chi connectivity index (χ1) is 11.2. The van der Waals surface area contributed by atoms with E-state index >= 15 is 0 Å². The van der Waals surface area contributed by atoms with Crippen molar-refractivity contribution >= 4 is 5.91 Å². The highest BCUT2D eigenvalue weighted by Crippen LogP contribution is 2.38. The molecule has 1 N–H and O–H groups in total. The summed E-state index contributed by atoms with van der Waals surface area (Å²) < 4.78 is 0. The van der Waals surface area contributed by atoms with E-state index < -0.39 is 0 Å². The van der Waals surface area contributed by atoms with Crippen molar-refractivity contribution in [1.82, 2.24) is 14.7 Å². The second-order valence-electron chi connectivity index (χ2n) is 7.71. The minimum atomic E-state index is 0.230. The zero-order chi connectivity index (χ0) is 16.2. The summed E-state index contributed by atoms with van der Waals surface area (Å²) in [5, 5.41) is 9.02. The highest BCUT2D eigenvalue weighted by Gasteiger charge is 2.39. The standard InChI is InChI=1S/C18H33N3O2/c1-15-6-7-21(17-5-3-2-4-16(15)17)18(23)14-20-10-8-19(9-11-20)12-13-22/h15-17,22H,2-14H2,1H3. The summed E-state index contributed by atoms with van der Waals surface area (Å²) in [7, 11) is 0. The van der Waals surface area contributed by atoms with Gasteiger partial charge in [-0.25, -0.2) is 0 Å². The van der Waals surface area contributed by atoms with Crippen LogP contribution in [0, 0.1) is 11.8 Å². The number of carbonyl (C=O) groups excluding carboxylic acids is 1. The van der Waals surface area contributed by atoms with E-state index in [1.54, 1.807) is 0 Å². The van der Waals surface area contributed by atoms with Crippen LogP contribution in [-0.4, -0.2) is 84.2 Å². The molecule has 132 valence electrons. The Morgan fingerprint density at radius 3 is 2.43 bits per heavy atom. The Morgan fingerprint density at radius 1 is 1.00 bits per heavy atom. The Labute approximate surface area is 140 Å². The third kappa shape index (κ3) is 4.06. The summed E-state index contributed by atoms with van der Waals surface area (Å²) in [5.41, 5.74) is 0. The molecule has 1 saturated carbocycles. The quantitative estimate of drug-likeness (QED) is 0.839. The summed E-state index contributed by atoms with van der Waals surface area (Å²) in [6.07, 6.45) is 6.34. The third-order valence-corrected chi connectivity index (χ3v) is 6.30. The van der Waals surface area contributed by atoms with Gasteiger partial charge >= 0.3 is 0 Å². The maximum Gasteiger partial charge on any atom is 0.237 e. The normalized spacial score (nSPS) is 33.5. The van der Waals surface area contributed by atoms with Gasteiger partial charge in [-0.05, 0) is 31.1 Å². The van der Waals surface area contributed by atoms with Gasteiger partial charge in [0.25, 0.3) is 0 Å². The van der Waals surface area contributed by atoms with Gasteiger partial charge < -0.3 is 10.0 Å². The van der Waals surface area contributed by atoms with Crippen molar-refractivity contribution in [1.29, 1.82) is 0 Å². The highest BCUT2D eigenvalue weighted by molar-refractivity contribution is 5.78. The number of nitrogens with zero attached hydrogens (tertiary/aromatic N) is 3. The predicted molar refractivity (Wildman–Crippen MR) is 91.2 cm³/mol. The van der Waals surface area contributed by atoms with Crippen LogP contribution in [0.1, 0.15) is 39.0 Å². The number of piperazine rings is 1. The van der Waals surface area contributed by atoms with Crippen molar-refractivity contribution in [2.75, 3.05) is 52.4 Å². The third-order valence-electron chi connectivity index (χ3n) is 6.30. The molecular formula is C18H33N3O2. The monoisotopic (exact) mass is 323 g/mol. The first kappa shape index (κ1) is 17.2. The van der Waals surface area contributed by atoms with Gasteiger partial charge in [-0.15, -0.1) is 0 Å². The molecule has 23 heavy (non-hydrogen) atoms. The molecule has 5 heteroatoms. The van der Waals surface area contributed by atoms with E-state index in [0.29, 0.717) is 18.5 Å². The fourth-order valence-corrected chi connectivity index (χ4v) is 4.82. The number of hydrogen-bond donors (Lipinski definition) is 1. The second kappa shape index (κ2) is 7.95. The molecule has 1 aliphatic carbocycles. The molecular weight excluding hydrogens is 290 g/mol. The number of piperidine rings is 1. The number of hydrogen-bond acceptors (Lipinski definition) is 4. The number of aliphatic hydroxyl groups is 1. The number of fused-ring (bicyclic) bond motifs is 1. The largest absolute Gasteiger partial charge is 0.395 e. The van der Waals surface area contributed by atoms with Gasteiger partial charge in [0, 0.05) is 45.3 Å². The van der Waals surface area contributed by atoms with E-state index in [-0.39, 0.29) is 6.61 Å². The van der Waals surface area contributed by atoms with Crippen LogP contribution in [-0.2, 0) is 4.79 Å². The molecule has 5 nitrogen and oxygen atoms in total. The number of likely N-dealkylation sites (tertiary alicyclic amines) is 1. The van der Waals surface area contributed by atoms with Gasteiger partial charge in [0.1, 0.15) is 0 Å². The van der Waals surface area contributed by atoms with Crippen LogP contribution in [0.3, 0.4) is 0 Å². The first-order valence-corrected chi connectivity index (χ1v) is 9.54. The molecule has 2 aliphatic heterocycles. The Hall–Kier alpha value is -0.650. The molecule has 3 aliphatic rings. The summed E-state index contributed by atoms with van der Waals surface area (Å²) in [6.45, 7) is 8.76. The molecule has 3 unspecified atom stereocenters. The maximum atomic E-state index is 12.9. The van der Waals surface area contributed by atoms with Crippen molar-refractivity contribution in [2.45, 2.75) is 45.1 Å². The van der Waals surface area contributed by atoms with Crippen LogP contribution >= 0.6 is 0 Å². The molecule has 0 spiro atoms. The van der Waals surface area contributed by atoms with Gasteiger partial charge in [-0.1, -0.05) is 19.8 Å². The molecule has 0 bridgehead atoms. The zero-order valence-corrected chi connectivity index (χ0v) is 14.6.